The number of fused-ring (bicyclic) bond motifs is 1. The Hall–Kier alpha value is -2.15. The van der Waals surface area contributed by atoms with Crippen molar-refractivity contribution in [1.29, 1.82) is 0 Å². The summed E-state index contributed by atoms with van der Waals surface area (Å²) in [6.07, 6.45) is 1.39. The van der Waals surface area contributed by atoms with Crippen LogP contribution in [0.3, 0.4) is 0 Å². The van der Waals surface area contributed by atoms with Crippen LogP contribution in [0.15, 0.2) is 30.3 Å². The van der Waals surface area contributed by atoms with Crippen LogP contribution in [0.4, 0.5) is 5.69 Å². The molecule has 1 aromatic heterocycles. The van der Waals surface area contributed by atoms with Crippen molar-refractivity contribution in [3.8, 4) is 0 Å². The highest BCUT2D eigenvalue weighted by molar-refractivity contribution is 7.91. The summed E-state index contributed by atoms with van der Waals surface area (Å²) in [6.45, 7) is 3.90. The highest BCUT2D eigenvalue weighted by atomic mass is 32.2. The lowest BCUT2D eigenvalue weighted by atomic mass is 10.1. The molecular formula is C18H21N3O3S. The maximum atomic E-state index is 13.1. The minimum atomic E-state index is -2.99. The second kappa shape index (κ2) is 5.69. The number of carbonyl (C=O) groups is 1. The number of anilines is 1. The van der Waals surface area contributed by atoms with Crippen molar-refractivity contribution in [3.63, 3.8) is 0 Å². The molecule has 4 rings (SSSR count). The molecule has 1 aromatic carbocycles. The molecule has 2 unspecified atom stereocenters. The highest BCUT2D eigenvalue weighted by Gasteiger charge is 2.34. The van der Waals surface area contributed by atoms with Crippen molar-refractivity contribution < 1.29 is 13.2 Å². The lowest BCUT2D eigenvalue weighted by molar-refractivity contribution is 0.0975. The summed E-state index contributed by atoms with van der Waals surface area (Å²) >= 11 is 0. The van der Waals surface area contributed by atoms with E-state index < -0.39 is 9.84 Å². The first kappa shape index (κ1) is 16.3. The lowest BCUT2D eigenvalue weighted by Crippen LogP contribution is -2.36. The van der Waals surface area contributed by atoms with E-state index in [2.05, 4.69) is 5.10 Å². The molecule has 2 aliphatic rings. The van der Waals surface area contributed by atoms with E-state index in [-0.39, 0.29) is 29.5 Å². The predicted octanol–water partition coefficient (Wildman–Crippen LogP) is 2.14. The fourth-order valence-electron chi connectivity index (χ4n) is 3.93. The standard InChI is InChI=1S/C18H21N3O3S/c1-12-9-14-5-3-4-6-17(14)20(12)18(22)16-10-13(2)21(19-16)15-7-8-25(23,24)11-15/h3-6,10,12,15H,7-9,11H2,1-2H3. The number of aromatic nitrogens is 2. The third kappa shape index (κ3) is 2.76. The smallest absolute Gasteiger partial charge is 0.279 e. The van der Waals surface area contributed by atoms with E-state index in [4.69, 9.17) is 0 Å². The summed E-state index contributed by atoms with van der Waals surface area (Å²) in [5.41, 5.74) is 3.31. The van der Waals surface area contributed by atoms with Gasteiger partial charge < -0.3 is 4.90 Å². The summed E-state index contributed by atoms with van der Waals surface area (Å²) in [7, 11) is -2.99. The first-order valence-electron chi connectivity index (χ1n) is 8.54. The minimum Gasteiger partial charge on any atom is -0.304 e. The van der Waals surface area contributed by atoms with Gasteiger partial charge in [0.2, 0.25) is 0 Å². The molecule has 0 spiro atoms. The van der Waals surface area contributed by atoms with Crippen molar-refractivity contribution in [2.24, 2.45) is 0 Å². The maximum absolute atomic E-state index is 13.1. The third-order valence-electron chi connectivity index (χ3n) is 5.12. The molecule has 6 nitrogen and oxygen atoms in total. The Morgan fingerprint density at radius 1 is 1.28 bits per heavy atom. The van der Waals surface area contributed by atoms with E-state index in [1.165, 1.54) is 5.56 Å². The number of hydrogen-bond acceptors (Lipinski definition) is 4. The summed E-state index contributed by atoms with van der Waals surface area (Å²) < 4.78 is 25.2. The van der Waals surface area contributed by atoms with Gasteiger partial charge in [0.15, 0.2) is 15.5 Å². The lowest BCUT2D eigenvalue weighted by Gasteiger charge is -2.21. The number of amides is 1. The Labute approximate surface area is 147 Å². The SMILES string of the molecule is Cc1cc(C(=O)N2c3ccccc3CC2C)nn1C1CCS(=O)(=O)C1. The summed E-state index contributed by atoms with van der Waals surface area (Å²) in [5, 5.41) is 4.47. The molecule has 1 saturated heterocycles. The molecule has 1 fully saturated rings. The van der Waals surface area contributed by atoms with Crippen molar-refractivity contribution in [1.82, 2.24) is 9.78 Å². The molecule has 3 heterocycles. The van der Waals surface area contributed by atoms with Crippen LogP contribution in [0.2, 0.25) is 0 Å². The average Bonchev–Trinajstić information content (AvgIpc) is 3.20. The number of benzene rings is 1. The summed E-state index contributed by atoms with van der Waals surface area (Å²) in [5.74, 6) is 0.170. The topological polar surface area (TPSA) is 72.3 Å². The predicted molar refractivity (Wildman–Crippen MR) is 95.7 cm³/mol. The van der Waals surface area contributed by atoms with Crippen LogP contribution in [0.25, 0.3) is 0 Å². The number of hydrogen-bond donors (Lipinski definition) is 0. The Bertz CT molecular complexity index is 948. The van der Waals surface area contributed by atoms with Gasteiger partial charge in [0.25, 0.3) is 5.91 Å². The van der Waals surface area contributed by atoms with E-state index in [1.54, 1.807) is 15.6 Å². The molecule has 0 N–H and O–H groups in total. The first-order valence-corrected chi connectivity index (χ1v) is 10.4. The zero-order valence-electron chi connectivity index (χ0n) is 14.3. The zero-order chi connectivity index (χ0) is 17.8. The Morgan fingerprint density at radius 2 is 2.04 bits per heavy atom. The fraction of sp³-hybridized carbons (Fsp3) is 0.444. The van der Waals surface area contributed by atoms with E-state index in [1.807, 2.05) is 38.1 Å². The fourth-order valence-corrected chi connectivity index (χ4v) is 5.62. The molecule has 0 aliphatic carbocycles. The summed E-state index contributed by atoms with van der Waals surface area (Å²) in [6, 6.07) is 9.61. The van der Waals surface area contributed by atoms with E-state index in [0.29, 0.717) is 12.1 Å². The molecule has 132 valence electrons. The number of aryl methyl sites for hydroxylation is 1. The van der Waals surface area contributed by atoms with Crippen molar-refractivity contribution >= 4 is 21.4 Å². The minimum absolute atomic E-state index is 0.0854. The second-order valence-corrected chi connectivity index (χ2v) is 9.26. The van der Waals surface area contributed by atoms with Crippen LogP contribution < -0.4 is 4.90 Å². The van der Waals surface area contributed by atoms with Crippen LogP contribution in [-0.2, 0) is 16.3 Å². The van der Waals surface area contributed by atoms with Gasteiger partial charge >= 0.3 is 0 Å². The monoisotopic (exact) mass is 359 g/mol. The number of sulfone groups is 1. The van der Waals surface area contributed by atoms with Gasteiger partial charge in [-0.3, -0.25) is 9.48 Å². The molecule has 2 aliphatic heterocycles. The van der Waals surface area contributed by atoms with Crippen LogP contribution >= 0.6 is 0 Å². The third-order valence-corrected chi connectivity index (χ3v) is 6.87. The van der Waals surface area contributed by atoms with Gasteiger partial charge in [-0.2, -0.15) is 5.10 Å². The van der Waals surface area contributed by atoms with E-state index in [0.717, 1.165) is 17.8 Å². The molecular weight excluding hydrogens is 338 g/mol. The zero-order valence-corrected chi connectivity index (χ0v) is 15.2. The second-order valence-electron chi connectivity index (χ2n) is 7.03. The Kier molecular flexibility index (Phi) is 3.72. The largest absolute Gasteiger partial charge is 0.304 e. The number of rotatable bonds is 2. The molecule has 0 bridgehead atoms. The quantitative estimate of drug-likeness (QED) is 0.824. The Balaban J connectivity index is 1.65. The van der Waals surface area contributed by atoms with Gasteiger partial charge in [-0.1, -0.05) is 18.2 Å². The van der Waals surface area contributed by atoms with Crippen LogP contribution in [-0.4, -0.2) is 41.7 Å². The van der Waals surface area contributed by atoms with E-state index >= 15 is 0 Å². The van der Waals surface area contributed by atoms with Gasteiger partial charge in [-0.15, -0.1) is 0 Å². The molecule has 2 aromatic rings. The van der Waals surface area contributed by atoms with Crippen molar-refractivity contribution in [2.45, 2.75) is 38.8 Å². The van der Waals surface area contributed by atoms with Gasteiger partial charge in [0, 0.05) is 17.4 Å². The molecule has 1 amide bonds. The van der Waals surface area contributed by atoms with Crippen LogP contribution in [0.5, 0.6) is 0 Å². The number of carbonyl (C=O) groups excluding carboxylic acids is 1. The average molecular weight is 359 g/mol. The summed E-state index contributed by atoms with van der Waals surface area (Å²) in [4.78, 5) is 14.9. The van der Waals surface area contributed by atoms with Gasteiger partial charge in [-0.25, -0.2) is 8.42 Å². The van der Waals surface area contributed by atoms with Crippen LogP contribution in [0, 0.1) is 6.92 Å². The highest BCUT2D eigenvalue weighted by Crippen LogP contribution is 2.33. The number of para-hydroxylation sites is 1. The van der Waals surface area contributed by atoms with Crippen molar-refractivity contribution in [3.05, 3.63) is 47.3 Å². The molecule has 0 radical (unpaired) electrons. The van der Waals surface area contributed by atoms with E-state index in [9.17, 15) is 13.2 Å². The normalized spacial score (nSPS) is 24.5. The maximum Gasteiger partial charge on any atom is 0.279 e. The molecule has 7 heteroatoms. The first-order chi connectivity index (χ1) is 11.9. The van der Waals surface area contributed by atoms with Gasteiger partial charge in [0.05, 0.1) is 17.5 Å². The van der Waals surface area contributed by atoms with Crippen molar-refractivity contribution in [2.75, 3.05) is 16.4 Å². The Morgan fingerprint density at radius 3 is 2.76 bits per heavy atom. The number of nitrogens with zero attached hydrogens (tertiary/aromatic N) is 3. The molecule has 25 heavy (non-hydrogen) atoms. The van der Waals surface area contributed by atoms with Gasteiger partial charge in [0.1, 0.15) is 0 Å². The van der Waals surface area contributed by atoms with Crippen LogP contribution in [0.1, 0.15) is 41.1 Å². The molecule has 0 saturated carbocycles. The van der Waals surface area contributed by atoms with Gasteiger partial charge in [-0.05, 0) is 44.4 Å². The molecule has 2 atom stereocenters.